The van der Waals surface area contributed by atoms with E-state index in [9.17, 15) is 0 Å². The molecular formula is C14H18ClN3O. The van der Waals surface area contributed by atoms with Gasteiger partial charge in [0.05, 0.1) is 18.5 Å². The van der Waals surface area contributed by atoms with E-state index in [2.05, 4.69) is 20.6 Å². The van der Waals surface area contributed by atoms with Crippen LogP contribution in [-0.4, -0.2) is 27.2 Å². The van der Waals surface area contributed by atoms with Crippen LogP contribution in [0.5, 0.6) is 0 Å². The molecule has 1 aliphatic heterocycles. The predicted octanol–water partition coefficient (Wildman–Crippen LogP) is 3.05. The van der Waals surface area contributed by atoms with Gasteiger partial charge in [-0.25, -0.2) is 9.97 Å². The number of aromatic nitrogens is 3. The van der Waals surface area contributed by atoms with Crippen LogP contribution in [0.1, 0.15) is 30.7 Å². The lowest BCUT2D eigenvalue weighted by molar-refractivity contribution is 0.00619. The van der Waals surface area contributed by atoms with Crippen LogP contribution in [0.2, 0.25) is 0 Å². The lowest BCUT2D eigenvalue weighted by atomic mass is 10.1. The van der Waals surface area contributed by atoms with E-state index >= 15 is 0 Å². The highest BCUT2D eigenvalue weighted by Gasteiger charge is 2.18. The lowest BCUT2D eigenvalue weighted by Gasteiger charge is -2.23. The van der Waals surface area contributed by atoms with Gasteiger partial charge in [-0.15, -0.1) is 11.6 Å². The first kappa shape index (κ1) is 12.9. The Kier molecular flexibility index (Phi) is 3.71. The fourth-order valence-electron chi connectivity index (χ4n) is 2.61. The molecule has 19 heavy (non-hydrogen) atoms. The second kappa shape index (κ2) is 5.47. The number of ether oxygens (including phenoxy) is 1. The highest BCUT2D eigenvalue weighted by molar-refractivity contribution is 6.16. The van der Waals surface area contributed by atoms with Gasteiger partial charge in [0.15, 0.2) is 5.65 Å². The van der Waals surface area contributed by atoms with Crippen LogP contribution in [0, 0.1) is 6.92 Å². The number of aryl methyl sites for hydroxylation is 1. The third kappa shape index (κ3) is 2.60. The van der Waals surface area contributed by atoms with Crippen LogP contribution in [0.3, 0.4) is 0 Å². The van der Waals surface area contributed by atoms with Gasteiger partial charge in [0.2, 0.25) is 0 Å². The maximum Gasteiger partial charge on any atom is 0.160 e. The first-order valence-corrected chi connectivity index (χ1v) is 7.30. The zero-order chi connectivity index (χ0) is 13.2. The molecule has 1 unspecified atom stereocenters. The summed E-state index contributed by atoms with van der Waals surface area (Å²) in [7, 11) is 0. The van der Waals surface area contributed by atoms with Crippen LogP contribution in [0.15, 0.2) is 12.3 Å². The van der Waals surface area contributed by atoms with Crippen molar-refractivity contribution in [3.8, 4) is 0 Å². The number of nitrogens with zero attached hydrogens (tertiary/aromatic N) is 3. The van der Waals surface area contributed by atoms with Crippen molar-refractivity contribution < 1.29 is 4.74 Å². The quantitative estimate of drug-likeness (QED) is 0.811. The van der Waals surface area contributed by atoms with Crippen molar-refractivity contribution in [2.45, 2.75) is 44.7 Å². The predicted molar refractivity (Wildman–Crippen MR) is 75.4 cm³/mol. The van der Waals surface area contributed by atoms with Gasteiger partial charge in [-0.1, -0.05) is 0 Å². The first-order chi connectivity index (χ1) is 9.28. The maximum absolute atomic E-state index is 6.01. The molecule has 4 nitrogen and oxygen atoms in total. The van der Waals surface area contributed by atoms with E-state index in [1.54, 1.807) is 0 Å². The van der Waals surface area contributed by atoms with Crippen LogP contribution >= 0.6 is 11.6 Å². The Morgan fingerprint density at radius 1 is 1.47 bits per heavy atom. The Hall–Kier alpha value is -1.13. The fourth-order valence-corrected chi connectivity index (χ4v) is 2.81. The summed E-state index contributed by atoms with van der Waals surface area (Å²) in [6.45, 7) is 3.69. The topological polar surface area (TPSA) is 39.9 Å². The number of hydrogen-bond acceptors (Lipinski definition) is 3. The molecule has 1 atom stereocenters. The van der Waals surface area contributed by atoms with Gasteiger partial charge in [-0.05, 0) is 37.8 Å². The molecule has 0 aliphatic carbocycles. The van der Waals surface area contributed by atoms with E-state index in [1.807, 2.05) is 13.1 Å². The van der Waals surface area contributed by atoms with Crippen molar-refractivity contribution in [1.82, 2.24) is 14.5 Å². The number of halogens is 1. The van der Waals surface area contributed by atoms with Crippen molar-refractivity contribution in [3.05, 3.63) is 23.7 Å². The molecule has 2 aromatic rings. The van der Waals surface area contributed by atoms with E-state index in [1.165, 1.54) is 12.8 Å². The van der Waals surface area contributed by atoms with Gasteiger partial charge < -0.3 is 9.30 Å². The van der Waals surface area contributed by atoms with Crippen molar-refractivity contribution in [3.63, 3.8) is 0 Å². The second-order valence-electron chi connectivity index (χ2n) is 5.12. The molecule has 1 saturated heterocycles. The molecule has 0 saturated carbocycles. The number of rotatable bonds is 3. The summed E-state index contributed by atoms with van der Waals surface area (Å²) in [4.78, 5) is 9.07. The Balaban J connectivity index is 1.95. The zero-order valence-electron chi connectivity index (χ0n) is 11.1. The highest BCUT2D eigenvalue weighted by atomic mass is 35.5. The standard InChI is InChI=1S/C14H18ClN3O/c1-10-6-12-14(16-8-10)18(13(7-15)17-12)9-11-4-2-3-5-19-11/h6,8,11H,2-5,7,9H2,1H3. The second-order valence-corrected chi connectivity index (χ2v) is 5.38. The third-order valence-electron chi connectivity index (χ3n) is 3.58. The van der Waals surface area contributed by atoms with Crippen molar-refractivity contribution in [1.29, 1.82) is 0 Å². The van der Waals surface area contributed by atoms with E-state index < -0.39 is 0 Å². The van der Waals surface area contributed by atoms with Crippen molar-refractivity contribution in [2.24, 2.45) is 0 Å². The summed E-state index contributed by atoms with van der Waals surface area (Å²) < 4.78 is 7.91. The molecule has 0 N–H and O–H groups in total. The number of alkyl halides is 1. The minimum Gasteiger partial charge on any atom is -0.376 e. The summed E-state index contributed by atoms with van der Waals surface area (Å²) in [5, 5.41) is 0. The van der Waals surface area contributed by atoms with Crippen LogP contribution in [-0.2, 0) is 17.2 Å². The fraction of sp³-hybridized carbons (Fsp3) is 0.571. The number of hydrogen-bond donors (Lipinski definition) is 0. The van der Waals surface area contributed by atoms with Gasteiger partial charge in [0, 0.05) is 12.8 Å². The van der Waals surface area contributed by atoms with E-state index in [-0.39, 0.29) is 6.10 Å². The average Bonchev–Trinajstić information content (AvgIpc) is 2.77. The smallest absolute Gasteiger partial charge is 0.160 e. The summed E-state index contributed by atoms with van der Waals surface area (Å²) in [5.41, 5.74) is 2.95. The maximum atomic E-state index is 6.01. The van der Waals surface area contributed by atoms with Gasteiger partial charge in [0.25, 0.3) is 0 Å². The van der Waals surface area contributed by atoms with Gasteiger partial charge in [-0.3, -0.25) is 0 Å². The monoisotopic (exact) mass is 279 g/mol. The Bertz CT molecular complexity index is 575. The SMILES string of the molecule is Cc1cnc2c(c1)nc(CCl)n2CC1CCCCO1. The molecule has 0 amide bonds. The molecular weight excluding hydrogens is 262 g/mol. The van der Waals surface area contributed by atoms with Gasteiger partial charge >= 0.3 is 0 Å². The summed E-state index contributed by atoms with van der Waals surface area (Å²) in [6.07, 6.45) is 5.64. The molecule has 3 heterocycles. The number of imidazole rings is 1. The molecule has 0 bridgehead atoms. The Morgan fingerprint density at radius 2 is 2.37 bits per heavy atom. The molecule has 0 radical (unpaired) electrons. The van der Waals surface area contributed by atoms with E-state index in [4.69, 9.17) is 16.3 Å². The van der Waals surface area contributed by atoms with Gasteiger partial charge in [0.1, 0.15) is 11.3 Å². The Labute approximate surface area is 117 Å². The highest BCUT2D eigenvalue weighted by Crippen LogP contribution is 2.21. The zero-order valence-corrected chi connectivity index (χ0v) is 11.9. The normalized spacial score (nSPS) is 20.0. The molecule has 1 fully saturated rings. The third-order valence-corrected chi connectivity index (χ3v) is 3.82. The first-order valence-electron chi connectivity index (χ1n) is 6.77. The van der Waals surface area contributed by atoms with Crippen molar-refractivity contribution >= 4 is 22.8 Å². The van der Waals surface area contributed by atoms with Crippen LogP contribution < -0.4 is 0 Å². The molecule has 0 spiro atoms. The number of pyridine rings is 1. The van der Waals surface area contributed by atoms with E-state index in [0.717, 1.165) is 42.1 Å². The summed E-state index contributed by atoms with van der Waals surface area (Å²) >= 11 is 6.01. The molecule has 5 heteroatoms. The van der Waals surface area contributed by atoms with Crippen LogP contribution in [0.4, 0.5) is 0 Å². The Morgan fingerprint density at radius 3 is 3.11 bits per heavy atom. The summed E-state index contributed by atoms with van der Waals surface area (Å²) in [6, 6.07) is 2.05. The summed E-state index contributed by atoms with van der Waals surface area (Å²) in [5.74, 6) is 1.28. The molecule has 0 aromatic carbocycles. The minimum atomic E-state index is 0.260. The molecule has 2 aromatic heterocycles. The lowest BCUT2D eigenvalue weighted by Crippen LogP contribution is -2.25. The van der Waals surface area contributed by atoms with Crippen LogP contribution in [0.25, 0.3) is 11.2 Å². The largest absolute Gasteiger partial charge is 0.376 e. The number of fused-ring (bicyclic) bond motifs is 1. The average molecular weight is 280 g/mol. The van der Waals surface area contributed by atoms with Gasteiger partial charge in [-0.2, -0.15) is 0 Å². The molecule has 1 aliphatic rings. The minimum absolute atomic E-state index is 0.260. The van der Waals surface area contributed by atoms with Crippen molar-refractivity contribution in [2.75, 3.05) is 6.61 Å². The van der Waals surface area contributed by atoms with E-state index in [0.29, 0.717) is 5.88 Å². The molecule has 102 valence electrons. The molecule has 3 rings (SSSR count).